The molecule has 0 aliphatic rings. The summed E-state index contributed by atoms with van der Waals surface area (Å²) in [5.41, 5.74) is 2.05. The maximum atomic E-state index is 5.95. The lowest BCUT2D eigenvalue weighted by Gasteiger charge is -2.08. The zero-order chi connectivity index (χ0) is 13.7. The number of nitrogens with zero attached hydrogens (tertiary/aromatic N) is 2. The van der Waals surface area contributed by atoms with Crippen molar-refractivity contribution in [1.29, 1.82) is 0 Å². The molecule has 0 amide bonds. The molecule has 0 aliphatic carbocycles. The van der Waals surface area contributed by atoms with Crippen LogP contribution in [0.3, 0.4) is 0 Å². The van der Waals surface area contributed by atoms with Crippen LogP contribution in [-0.4, -0.2) is 23.4 Å². The Hall–Kier alpha value is -1.52. The zero-order valence-corrected chi connectivity index (χ0v) is 11.9. The van der Waals surface area contributed by atoms with Crippen molar-refractivity contribution in [3.05, 3.63) is 46.7 Å². The summed E-state index contributed by atoms with van der Waals surface area (Å²) in [6, 6.07) is 8.06. The molecule has 4 nitrogen and oxygen atoms in total. The van der Waals surface area contributed by atoms with Crippen molar-refractivity contribution in [3.8, 4) is 5.75 Å². The van der Waals surface area contributed by atoms with Gasteiger partial charge < -0.3 is 10.1 Å². The van der Waals surface area contributed by atoms with Crippen molar-refractivity contribution in [2.24, 2.45) is 0 Å². The van der Waals surface area contributed by atoms with Gasteiger partial charge in [0.1, 0.15) is 12.4 Å². The van der Waals surface area contributed by atoms with Crippen LogP contribution in [0.1, 0.15) is 11.3 Å². The molecule has 102 valence electrons. The minimum absolute atomic E-state index is 0.570. The number of hydrogen-bond donors (Lipinski definition) is 1. The summed E-state index contributed by atoms with van der Waals surface area (Å²) in [5, 5.41) is 8.09. The Labute approximate surface area is 118 Å². The first kappa shape index (κ1) is 13.9. The highest BCUT2D eigenvalue weighted by Crippen LogP contribution is 2.14. The highest BCUT2D eigenvalue weighted by Gasteiger charge is 2.02. The molecule has 2 rings (SSSR count). The second kappa shape index (κ2) is 6.59. The summed E-state index contributed by atoms with van der Waals surface area (Å²) in [5.74, 6) is 0.878. The molecule has 0 spiro atoms. The van der Waals surface area contributed by atoms with Gasteiger partial charge in [-0.1, -0.05) is 23.7 Å². The van der Waals surface area contributed by atoms with Crippen molar-refractivity contribution in [1.82, 2.24) is 15.1 Å². The van der Waals surface area contributed by atoms with Crippen LogP contribution in [-0.2, 0) is 13.1 Å². The van der Waals surface area contributed by atoms with Crippen molar-refractivity contribution in [2.75, 3.05) is 13.7 Å². The molecule has 0 aliphatic heterocycles. The van der Waals surface area contributed by atoms with Gasteiger partial charge in [0.05, 0.1) is 17.3 Å². The summed E-state index contributed by atoms with van der Waals surface area (Å²) < 4.78 is 7.52. The van der Waals surface area contributed by atoms with Crippen LogP contribution in [0.25, 0.3) is 0 Å². The maximum absolute atomic E-state index is 5.95. The Morgan fingerprint density at radius 2 is 2.26 bits per heavy atom. The monoisotopic (exact) mass is 279 g/mol. The van der Waals surface area contributed by atoms with Gasteiger partial charge in [0.2, 0.25) is 0 Å². The first-order chi connectivity index (χ1) is 9.19. The van der Waals surface area contributed by atoms with E-state index < -0.39 is 0 Å². The van der Waals surface area contributed by atoms with Crippen LogP contribution in [0.4, 0.5) is 0 Å². The molecule has 0 saturated carbocycles. The van der Waals surface area contributed by atoms with Gasteiger partial charge in [-0.15, -0.1) is 0 Å². The van der Waals surface area contributed by atoms with Crippen molar-refractivity contribution >= 4 is 11.6 Å². The molecule has 1 aromatic heterocycles. The molecule has 0 atom stereocenters. The van der Waals surface area contributed by atoms with E-state index in [1.54, 1.807) is 4.68 Å². The molecule has 2 aromatic rings. The molecular weight excluding hydrogens is 262 g/mol. The fraction of sp³-hybridized carbons (Fsp3) is 0.357. The van der Waals surface area contributed by atoms with E-state index in [0.29, 0.717) is 18.2 Å². The summed E-state index contributed by atoms with van der Waals surface area (Å²) in [6.07, 6.45) is 1.82. The fourth-order valence-electron chi connectivity index (χ4n) is 1.81. The predicted molar refractivity (Wildman–Crippen MR) is 76.7 cm³/mol. The van der Waals surface area contributed by atoms with Crippen LogP contribution in [0.15, 0.2) is 30.5 Å². The Morgan fingerprint density at radius 1 is 1.42 bits per heavy atom. The molecule has 0 saturated heterocycles. The van der Waals surface area contributed by atoms with Crippen LogP contribution in [0.5, 0.6) is 5.75 Å². The first-order valence-electron chi connectivity index (χ1n) is 6.25. The maximum Gasteiger partial charge on any atom is 0.119 e. The van der Waals surface area contributed by atoms with Gasteiger partial charge in [0.15, 0.2) is 0 Å². The molecule has 0 bridgehead atoms. The van der Waals surface area contributed by atoms with Gasteiger partial charge in [0.25, 0.3) is 0 Å². The molecule has 19 heavy (non-hydrogen) atoms. The number of aryl methyl sites for hydroxylation is 1. The Bertz CT molecular complexity index is 520. The summed E-state index contributed by atoms with van der Waals surface area (Å²) in [6.45, 7) is 3.98. The van der Waals surface area contributed by atoms with E-state index in [2.05, 4.69) is 16.5 Å². The predicted octanol–water partition coefficient (Wildman–Crippen LogP) is 2.64. The van der Waals surface area contributed by atoms with Crippen LogP contribution in [0, 0.1) is 6.92 Å². The molecular formula is C14H18ClN3O. The Morgan fingerprint density at radius 3 is 2.95 bits per heavy atom. The minimum atomic E-state index is 0.570. The van der Waals surface area contributed by atoms with Gasteiger partial charge >= 0.3 is 0 Å². The third-order valence-corrected chi connectivity index (χ3v) is 3.13. The minimum Gasteiger partial charge on any atom is -0.492 e. The highest BCUT2D eigenvalue weighted by molar-refractivity contribution is 6.31. The number of benzene rings is 1. The number of aromatic nitrogens is 2. The summed E-state index contributed by atoms with van der Waals surface area (Å²) in [7, 11) is 1.93. The number of nitrogens with one attached hydrogen (secondary N) is 1. The van der Waals surface area contributed by atoms with Gasteiger partial charge in [-0.05, 0) is 31.7 Å². The average molecular weight is 280 g/mol. The zero-order valence-electron chi connectivity index (χ0n) is 11.2. The second-order valence-electron chi connectivity index (χ2n) is 4.35. The molecule has 1 heterocycles. The standard InChI is InChI=1S/C14H18ClN3O/c1-11-14(15)10-18(17-11)6-7-19-13-5-3-4-12(8-13)9-16-2/h3-5,8,10,16H,6-7,9H2,1-2H3. The largest absolute Gasteiger partial charge is 0.492 e. The summed E-state index contributed by atoms with van der Waals surface area (Å²) >= 11 is 5.95. The van der Waals surface area contributed by atoms with E-state index >= 15 is 0 Å². The molecule has 0 fully saturated rings. The van der Waals surface area contributed by atoms with E-state index in [1.807, 2.05) is 38.4 Å². The fourth-order valence-corrected chi connectivity index (χ4v) is 1.96. The van der Waals surface area contributed by atoms with Crippen LogP contribution in [0.2, 0.25) is 5.02 Å². The Kier molecular flexibility index (Phi) is 4.82. The highest BCUT2D eigenvalue weighted by atomic mass is 35.5. The lowest BCUT2D eigenvalue weighted by molar-refractivity contribution is 0.291. The second-order valence-corrected chi connectivity index (χ2v) is 4.76. The molecule has 5 heteroatoms. The average Bonchev–Trinajstić information content (AvgIpc) is 2.70. The quantitative estimate of drug-likeness (QED) is 0.884. The van der Waals surface area contributed by atoms with E-state index in [-0.39, 0.29) is 0 Å². The number of rotatable bonds is 6. The Balaban J connectivity index is 1.86. The van der Waals surface area contributed by atoms with Crippen LogP contribution < -0.4 is 10.1 Å². The molecule has 0 radical (unpaired) electrons. The van der Waals surface area contributed by atoms with Crippen LogP contribution >= 0.6 is 11.6 Å². The van der Waals surface area contributed by atoms with Crippen molar-refractivity contribution in [2.45, 2.75) is 20.0 Å². The van der Waals surface area contributed by atoms with E-state index in [1.165, 1.54) is 5.56 Å². The normalized spacial score (nSPS) is 10.7. The van der Waals surface area contributed by atoms with E-state index in [4.69, 9.17) is 16.3 Å². The van der Waals surface area contributed by atoms with Crippen molar-refractivity contribution < 1.29 is 4.74 Å². The van der Waals surface area contributed by atoms with Gasteiger partial charge in [0, 0.05) is 12.7 Å². The lowest BCUT2D eigenvalue weighted by Crippen LogP contribution is -2.09. The summed E-state index contributed by atoms with van der Waals surface area (Å²) in [4.78, 5) is 0. The SMILES string of the molecule is CNCc1cccc(OCCn2cc(Cl)c(C)n2)c1. The third-order valence-electron chi connectivity index (χ3n) is 2.75. The molecule has 1 aromatic carbocycles. The van der Waals surface area contributed by atoms with E-state index in [9.17, 15) is 0 Å². The number of ether oxygens (including phenoxy) is 1. The number of halogens is 1. The first-order valence-corrected chi connectivity index (χ1v) is 6.62. The van der Waals surface area contributed by atoms with Gasteiger partial charge in [-0.3, -0.25) is 4.68 Å². The third kappa shape index (κ3) is 3.98. The van der Waals surface area contributed by atoms with E-state index in [0.717, 1.165) is 18.0 Å². The molecule has 0 unspecified atom stereocenters. The topological polar surface area (TPSA) is 39.1 Å². The molecule has 1 N–H and O–H groups in total. The number of hydrogen-bond acceptors (Lipinski definition) is 3. The van der Waals surface area contributed by atoms with Crippen molar-refractivity contribution in [3.63, 3.8) is 0 Å². The smallest absolute Gasteiger partial charge is 0.119 e. The lowest BCUT2D eigenvalue weighted by atomic mass is 10.2. The van der Waals surface area contributed by atoms with Gasteiger partial charge in [-0.25, -0.2) is 0 Å². The van der Waals surface area contributed by atoms with Gasteiger partial charge in [-0.2, -0.15) is 5.10 Å².